The average Bonchev–Trinajstić information content (AvgIpc) is 2.95. The lowest BCUT2D eigenvalue weighted by molar-refractivity contribution is 0.305. The van der Waals surface area contributed by atoms with Gasteiger partial charge in [-0.3, -0.25) is 4.90 Å². The van der Waals surface area contributed by atoms with Gasteiger partial charge in [-0.05, 0) is 30.2 Å². The average molecular weight is 339 g/mol. The van der Waals surface area contributed by atoms with E-state index < -0.39 is 11.6 Å². The fraction of sp³-hybridized carbons (Fsp3) is 0.333. The van der Waals surface area contributed by atoms with Crippen molar-refractivity contribution in [2.75, 3.05) is 19.6 Å². The van der Waals surface area contributed by atoms with E-state index in [0.29, 0.717) is 24.9 Å². The predicted octanol–water partition coefficient (Wildman–Crippen LogP) is 3.56. The van der Waals surface area contributed by atoms with Gasteiger partial charge < -0.3 is 5.73 Å². The molecule has 2 aromatic carbocycles. The van der Waals surface area contributed by atoms with Crippen molar-refractivity contribution in [3.05, 3.63) is 71.3 Å². The maximum absolute atomic E-state index is 13.8. The number of nitrogens with two attached hydrogens (primary N) is 1. The van der Waals surface area contributed by atoms with Crippen LogP contribution in [0.25, 0.3) is 0 Å². The summed E-state index contributed by atoms with van der Waals surface area (Å²) >= 11 is 0. The molecule has 1 fully saturated rings. The zero-order chi connectivity index (χ0) is 15.5. The maximum atomic E-state index is 13.8. The van der Waals surface area contributed by atoms with E-state index in [0.717, 1.165) is 13.1 Å². The van der Waals surface area contributed by atoms with Crippen LogP contribution in [0, 0.1) is 17.6 Å². The van der Waals surface area contributed by atoms with Crippen LogP contribution in [-0.2, 0) is 6.54 Å². The molecule has 0 aromatic heterocycles. The molecule has 2 nitrogen and oxygen atoms in total. The van der Waals surface area contributed by atoms with Gasteiger partial charge in [-0.25, -0.2) is 8.78 Å². The molecule has 124 valence electrons. The van der Waals surface area contributed by atoms with Gasteiger partial charge >= 0.3 is 0 Å². The highest BCUT2D eigenvalue weighted by molar-refractivity contribution is 5.85. The molecule has 0 bridgehead atoms. The topological polar surface area (TPSA) is 29.3 Å². The van der Waals surface area contributed by atoms with Gasteiger partial charge in [-0.2, -0.15) is 0 Å². The van der Waals surface area contributed by atoms with Crippen molar-refractivity contribution in [2.45, 2.75) is 12.5 Å². The summed E-state index contributed by atoms with van der Waals surface area (Å²) in [6, 6.07) is 14.2. The molecule has 1 heterocycles. The van der Waals surface area contributed by atoms with Gasteiger partial charge in [-0.15, -0.1) is 12.4 Å². The molecule has 0 spiro atoms. The first-order chi connectivity index (χ1) is 10.7. The first kappa shape index (κ1) is 17.9. The van der Waals surface area contributed by atoms with Crippen LogP contribution in [0.15, 0.2) is 48.5 Å². The second-order valence-electron chi connectivity index (χ2n) is 5.91. The van der Waals surface area contributed by atoms with Crippen molar-refractivity contribution in [1.82, 2.24) is 4.90 Å². The molecule has 2 atom stereocenters. The Morgan fingerprint density at radius 1 is 0.957 bits per heavy atom. The molecule has 5 heteroatoms. The summed E-state index contributed by atoms with van der Waals surface area (Å²) in [5.74, 6) is -0.321. The monoisotopic (exact) mass is 338 g/mol. The Balaban J connectivity index is 0.00000192. The van der Waals surface area contributed by atoms with Gasteiger partial charge in [0.2, 0.25) is 0 Å². The molecule has 0 radical (unpaired) electrons. The van der Waals surface area contributed by atoms with E-state index in [9.17, 15) is 8.78 Å². The highest BCUT2D eigenvalue weighted by Gasteiger charge is 2.33. The quantitative estimate of drug-likeness (QED) is 0.923. The Hall–Kier alpha value is -1.49. The van der Waals surface area contributed by atoms with Gasteiger partial charge in [0, 0.05) is 31.1 Å². The number of likely N-dealkylation sites (tertiary alicyclic amines) is 1. The van der Waals surface area contributed by atoms with Crippen LogP contribution in [0.4, 0.5) is 8.78 Å². The van der Waals surface area contributed by atoms with Gasteiger partial charge in [-0.1, -0.05) is 36.4 Å². The first-order valence-electron chi connectivity index (χ1n) is 7.59. The number of halogens is 3. The van der Waals surface area contributed by atoms with Crippen molar-refractivity contribution in [1.29, 1.82) is 0 Å². The molecule has 0 amide bonds. The predicted molar refractivity (Wildman–Crippen MR) is 90.6 cm³/mol. The fourth-order valence-corrected chi connectivity index (χ4v) is 3.31. The Kier molecular flexibility index (Phi) is 6.10. The lowest BCUT2D eigenvalue weighted by Gasteiger charge is -2.17. The Labute approximate surface area is 141 Å². The summed E-state index contributed by atoms with van der Waals surface area (Å²) in [5.41, 5.74) is 7.29. The second-order valence-corrected chi connectivity index (χ2v) is 5.91. The Bertz CT molecular complexity index is 616. The van der Waals surface area contributed by atoms with Gasteiger partial charge in [0.1, 0.15) is 11.6 Å². The van der Waals surface area contributed by atoms with Crippen LogP contribution in [0.1, 0.15) is 17.0 Å². The maximum Gasteiger partial charge on any atom is 0.130 e. The van der Waals surface area contributed by atoms with Crippen molar-refractivity contribution < 1.29 is 8.78 Å². The van der Waals surface area contributed by atoms with Crippen molar-refractivity contribution in [3.8, 4) is 0 Å². The lowest BCUT2D eigenvalue weighted by atomic mass is 9.89. The molecule has 2 aromatic rings. The summed E-state index contributed by atoms with van der Waals surface area (Å²) in [6.07, 6.45) is 0. The largest absolute Gasteiger partial charge is 0.330 e. The number of benzene rings is 2. The molecular weight excluding hydrogens is 318 g/mol. The smallest absolute Gasteiger partial charge is 0.130 e. The standard InChI is InChI=1S/C18H20F2N2.ClH/c19-17-7-4-8-18(20)16(17)12-22-10-14(9-21)15(11-22)13-5-2-1-3-6-13;/h1-8,14-15H,9-12,21H2;1H/t14-,15+;/m1./s1. The number of nitrogens with zero attached hydrogens (tertiary/aromatic N) is 1. The third-order valence-electron chi connectivity index (χ3n) is 4.49. The van der Waals surface area contributed by atoms with Crippen LogP contribution >= 0.6 is 12.4 Å². The van der Waals surface area contributed by atoms with Crippen molar-refractivity contribution >= 4 is 12.4 Å². The third-order valence-corrected chi connectivity index (χ3v) is 4.49. The highest BCUT2D eigenvalue weighted by atomic mass is 35.5. The highest BCUT2D eigenvalue weighted by Crippen LogP contribution is 2.33. The number of rotatable bonds is 4. The van der Waals surface area contributed by atoms with E-state index in [1.807, 2.05) is 18.2 Å². The van der Waals surface area contributed by atoms with Crippen LogP contribution in [-0.4, -0.2) is 24.5 Å². The molecule has 0 aliphatic carbocycles. The normalized spacial score (nSPS) is 21.2. The van der Waals surface area contributed by atoms with Crippen molar-refractivity contribution in [3.63, 3.8) is 0 Å². The first-order valence-corrected chi connectivity index (χ1v) is 7.59. The summed E-state index contributed by atoms with van der Waals surface area (Å²) < 4.78 is 27.6. The van der Waals surface area contributed by atoms with E-state index in [1.54, 1.807) is 0 Å². The van der Waals surface area contributed by atoms with Gasteiger partial charge in [0.25, 0.3) is 0 Å². The van der Waals surface area contributed by atoms with Crippen LogP contribution in [0.5, 0.6) is 0 Å². The minimum absolute atomic E-state index is 0. The van der Waals surface area contributed by atoms with E-state index in [-0.39, 0.29) is 18.0 Å². The molecule has 1 aliphatic heterocycles. The summed E-state index contributed by atoms with van der Waals surface area (Å²) in [4.78, 5) is 2.09. The molecule has 3 rings (SSSR count). The third kappa shape index (κ3) is 3.89. The van der Waals surface area contributed by atoms with Gasteiger partial charge in [0.05, 0.1) is 0 Å². The summed E-state index contributed by atoms with van der Waals surface area (Å²) in [6.45, 7) is 2.41. The molecule has 2 N–H and O–H groups in total. The van der Waals surface area contributed by atoms with E-state index >= 15 is 0 Å². The van der Waals surface area contributed by atoms with E-state index in [1.165, 1.54) is 23.8 Å². The van der Waals surface area contributed by atoms with Crippen molar-refractivity contribution in [2.24, 2.45) is 11.7 Å². The second kappa shape index (κ2) is 7.86. The van der Waals surface area contributed by atoms with Crippen LogP contribution in [0.3, 0.4) is 0 Å². The minimum atomic E-state index is -0.479. The molecule has 1 aliphatic rings. The Morgan fingerprint density at radius 2 is 1.61 bits per heavy atom. The molecular formula is C18H21ClF2N2. The number of hydrogen-bond acceptors (Lipinski definition) is 2. The van der Waals surface area contributed by atoms with Crippen LogP contribution in [0.2, 0.25) is 0 Å². The van der Waals surface area contributed by atoms with E-state index in [4.69, 9.17) is 5.73 Å². The molecule has 0 unspecified atom stereocenters. The van der Waals surface area contributed by atoms with E-state index in [2.05, 4.69) is 17.0 Å². The van der Waals surface area contributed by atoms with Gasteiger partial charge in [0.15, 0.2) is 0 Å². The summed E-state index contributed by atoms with van der Waals surface area (Å²) in [7, 11) is 0. The summed E-state index contributed by atoms with van der Waals surface area (Å²) in [5, 5.41) is 0. The number of hydrogen-bond donors (Lipinski definition) is 1. The SMILES string of the molecule is Cl.NC[C@@H]1CN(Cc2c(F)cccc2F)C[C@H]1c1ccccc1. The van der Waals surface area contributed by atoms with Crippen LogP contribution < -0.4 is 5.73 Å². The molecule has 23 heavy (non-hydrogen) atoms. The molecule has 1 saturated heterocycles. The molecule has 0 saturated carbocycles. The fourth-order valence-electron chi connectivity index (χ4n) is 3.31. The zero-order valence-corrected chi connectivity index (χ0v) is 13.6. The minimum Gasteiger partial charge on any atom is -0.330 e. The Morgan fingerprint density at radius 3 is 2.22 bits per heavy atom. The zero-order valence-electron chi connectivity index (χ0n) is 12.8. The lowest BCUT2D eigenvalue weighted by Crippen LogP contribution is -2.24.